The smallest absolute Gasteiger partial charge is 0.289 e. The molecule has 24 heavy (non-hydrogen) atoms. The molecular weight excluding hydrogens is 304 g/mol. The van der Waals surface area contributed by atoms with E-state index < -0.39 is 0 Å². The van der Waals surface area contributed by atoms with Crippen molar-refractivity contribution in [3.8, 4) is 0 Å². The van der Waals surface area contributed by atoms with Gasteiger partial charge >= 0.3 is 0 Å². The number of carbonyl (C=O) groups excluding carboxylic acids is 2. The molecule has 1 aliphatic rings. The minimum absolute atomic E-state index is 0.0794. The van der Waals surface area contributed by atoms with Gasteiger partial charge in [0.2, 0.25) is 5.91 Å². The zero-order valence-electron chi connectivity index (χ0n) is 13.3. The van der Waals surface area contributed by atoms with Crippen LogP contribution in [0.2, 0.25) is 0 Å². The molecule has 0 atom stereocenters. The number of benzene rings is 1. The zero-order chi connectivity index (χ0) is 16.9. The van der Waals surface area contributed by atoms with Crippen LogP contribution in [0.1, 0.15) is 35.8 Å². The van der Waals surface area contributed by atoms with Gasteiger partial charge in [-0.15, -0.1) is 0 Å². The van der Waals surface area contributed by atoms with Crippen molar-refractivity contribution in [1.29, 1.82) is 0 Å². The number of hydrogen-bond acceptors (Lipinski definition) is 4. The van der Waals surface area contributed by atoms with Gasteiger partial charge in [-0.1, -0.05) is 18.2 Å². The maximum Gasteiger partial charge on any atom is 0.289 e. The van der Waals surface area contributed by atoms with Crippen molar-refractivity contribution in [2.45, 2.75) is 19.8 Å². The third-order valence-corrected chi connectivity index (χ3v) is 3.74. The van der Waals surface area contributed by atoms with Gasteiger partial charge in [0.15, 0.2) is 0 Å². The lowest BCUT2D eigenvalue weighted by Crippen LogP contribution is -2.20. The molecule has 0 saturated heterocycles. The lowest BCUT2D eigenvalue weighted by Gasteiger charge is -2.06. The fraction of sp³-hybridized carbons (Fsp3) is 0.222. The number of rotatable bonds is 5. The predicted octanol–water partition coefficient (Wildman–Crippen LogP) is 2.58. The largest absolute Gasteiger partial charge is 0.326 e. The normalized spacial score (nSPS) is 14.1. The molecule has 6 nitrogen and oxygen atoms in total. The number of nitrogens with zero attached hydrogens (tertiary/aromatic N) is 2. The summed E-state index contributed by atoms with van der Waals surface area (Å²) in [7, 11) is 0. The lowest BCUT2D eigenvalue weighted by atomic mass is 10.1. The Kier molecular flexibility index (Phi) is 4.65. The van der Waals surface area contributed by atoms with Crippen molar-refractivity contribution >= 4 is 23.2 Å². The van der Waals surface area contributed by atoms with E-state index in [2.05, 4.69) is 20.8 Å². The second kappa shape index (κ2) is 7.04. The van der Waals surface area contributed by atoms with E-state index >= 15 is 0 Å². The molecular formula is C18H18N4O2. The van der Waals surface area contributed by atoms with E-state index in [0.717, 1.165) is 24.1 Å². The van der Waals surface area contributed by atoms with E-state index in [0.29, 0.717) is 11.4 Å². The average Bonchev–Trinajstić information content (AvgIpc) is 3.46. The molecule has 1 aliphatic carbocycles. The number of amides is 2. The molecule has 3 rings (SSSR count). The van der Waals surface area contributed by atoms with Crippen molar-refractivity contribution < 1.29 is 9.59 Å². The summed E-state index contributed by atoms with van der Waals surface area (Å²) in [5, 5.41) is 6.97. The molecule has 2 aromatic rings. The number of pyridine rings is 1. The van der Waals surface area contributed by atoms with Crippen LogP contribution in [0.5, 0.6) is 0 Å². The van der Waals surface area contributed by atoms with E-state index in [-0.39, 0.29) is 17.7 Å². The van der Waals surface area contributed by atoms with Gasteiger partial charge in [-0.25, -0.2) is 5.43 Å². The Hall–Kier alpha value is -3.02. The van der Waals surface area contributed by atoms with Crippen molar-refractivity contribution in [2.75, 3.05) is 5.32 Å². The highest BCUT2D eigenvalue weighted by atomic mass is 16.2. The van der Waals surface area contributed by atoms with E-state index in [4.69, 9.17) is 0 Å². The van der Waals surface area contributed by atoms with Crippen LogP contribution in [0.4, 0.5) is 5.69 Å². The van der Waals surface area contributed by atoms with E-state index in [1.165, 1.54) is 0 Å². The minimum Gasteiger partial charge on any atom is -0.326 e. The Morgan fingerprint density at radius 1 is 1.12 bits per heavy atom. The quantitative estimate of drug-likeness (QED) is 0.655. The molecule has 1 fully saturated rings. The van der Waals surface area contributed by atoms with Gasteiger partial charge in [0.25, 0.3) is 5.91 Å². The van der Waals surface area contributed by atoms with Gasteiger partial charge in [0.05, 0.1) is 5.71 Å². The number of hydrogen-bond donors (Lipinski definition) is 2. The lowest BCUT2D eigenvalue weighted by molar-refractivity contribution is -0.117. The summed E-state index contributed by atoms with van der Waals surface area (Å²) in [6, 6.07) is 12.5. The zero-order valence-corrected chi connectivity index (χ0v) is 13.3. The minimum atomic E-state index is -0.358. The highest BCUT2D eigenvalue weighted by Gasteiger charge is 2.29. The summed E-state index contributed by atoms with van der Waals surface area (Å²) < 4.78 is 0. The molecule has 6 heteroatoms. The molecule has 1 aromatic carbocycles. The van der Waals surface area contributed by atoms with Gasteiger partial charge in [0.1, 0.15) is 5.69 Å². The second-order valence-electron chi connectivity index (χ2n) is 5.69. The van der Waals surface area contributed by atoms with Crippen molar-refractivity contribution in [3.63, 3.8) is 0 Å². The predicted molar refractivity (Wildman–Crippen MR) is 91.7 cm³/mol. The summed E-state index contributed by atoms with van der Waals surface area (Å²) in [5.41, 5.74) is 5.09. The van der Waals surface area contributed by atoms with Crippen LogP contribution >= 0.6 is 0 Å². The van der Waals surface area contributed by atoms with Crippen LogP contribution in [0.25, 0.3) is 0 Å². The maximum absolute atomic E-state index is 11.9. The standard InChI is InChI=1S/C18H18N4O2/c1-12(21-22-18(24)16-4-2-3-11-19-16)13-7-9-15(10-8-13)20-17(23)14-5-6-14/h2-4,7-11,14H,5-6H2,1H3,(H,20,23)(H,22,24)/b21-12-. The van der Waals surface area contributed by atoms with Crippen LogP contribution in [-0.4, -0.2) is 22.5 Å². The molecule has 1 saturated carbocycles. The SMILES string of the molecule is C/C(=N/NC(=O)c1ccccn1)c1ccc(NC(=O)C2CC2)cc1. The summed E-state index contributed by atoms with van der Waals surface area (Å²) in [5.74, 6) is -0.103. The Morgan fingerprint density at radius 2 is 1.88 bits per heavy atom. The monoisotopic (exact) mass is 322 g/mol. The number of hydrazone groups is 1. The molecule has 0 aliphatic heterocycles. The Bertz CT molecular complexity index is 765. The topological polar surface area (TPSA) is 83.4 Å². The number of carbonyl (C=O) groups is 2. The number of aromatic nitrogens is 1. The fourth-order valence-corrected chi connectivity index (χ4v) is 2.14. The molecule has 0 spiro atoms. The first-order chi connectivity index (χ1) is 11.6. The first-order valence-electron chi connectivity index (χ1n) is 7.80. The second-order valence-corrected chi connectivity index (χ2v) is 5.69. The number of anilines is 1. The van der Waals surface area contributed by atoms with Gasteiger partial charge in [-0.3, -0.25) is 14.6 Å². The van der Waals surface area contributed by atoms with Crippen LogP contribution in [0.3, 0.4) is 0 Å². The molecule has 0 unspecified atom stereocenters. The van der Waals surface area contributed by atoms with Gasteiger partial charge in [-0.05, 0) is 49.6 Å². The van der Waals surface area contributed by atoms with Crippen LogP contribution in [-0.2, 0) is 4.79 Å². The van der Waals surface area contributed by atoms with E-state index in [1.54, 1.807) is 31.3 Å². The Morgan fingerprint density at radius 3 is 2.50 bits per heavy atom. The van der Waals surface area contributed by atoms with E-state index in [9.17, 15) is 9.59 Å². The molecule has 2 amide bonds. The summed E-state index contributed by atoms with van der Waals surface area (Å²) in [6.07, 6.45) is 3.51. The van der Waals surface area contributed by atoms with Crippen molar-refractivity contribution in [3.05, 3.63) is 59.9 Å². The summed E-state index contributed by atoms with van der Waals surface area (Å²) in [6.45, 7) is 1.80. The first kappa shape index (κ1) is 15.9. The molecule has 1 heterocycles. The van der Waals surface area contributed by atoms with Crippen LogP contribution in [0, 0.1) is 5.92 Å². The maximum atomic E-state index is 11.9. The van der Waals surface area contributed by atoms with Crippen LogP contribution in [0.15, 0.2) is 53.8 Å². The van der Waals surface area contributed by atoms with Gasteiger partial charge in [0, 0.05) is 17.8 Å². The van der Waals surface area contributed by atoms with Crippen LogP contribution < -0.4 is 10.7 Å². The fourth-order valence-electron chi connectivity index (χ4n) is 2.14. The Labute approximate surface area is 140 Å². The Balaban J connectivity index is 1.60. The van der Waals surface area contributed by atoms with Gasteiger partial charge in [-0.2, -0.15) is 5.10 Å². The molecule has 0 bridgehead atoms. The highest BCUT2D eigenvalue weighted by Crippen LogP contribution is 2.30. The highest BCUT2D eigenvalue weighted by molar-refractivity contribution is 6.01. The third kappa shape index (κ3) is 4.04. The molecule has 122 valence electrons. The van der Waals surface area contributed by atoms with Gasteiger partial charge < -0.3 is 5.32 Å². The van der Waals surface area contributed by atoms with Crippen molar-refractivity contribution in [2.24, 2.45) is 11.0 Å². The van der Waals surface area contributed by atoms with E-state index in [1.807, 2.05) is 24.3 Å². The summed E-state index contributed by atoms with van der Waals surface area (Å²) >= 11 is 0. The third-order valence-electron chi connectivity index (χ3n) is 3.74. The average molecular weight is 322 g/mol. The first-order valence-corrected chi connectivity index (χ1v) is 7.80. The molecule has 0 radical (unpaired) electrons. The molecule has 1 aromatic heterocycles. The number of nitrogens with one attached hydrogen (secondary N) is 2. The summed E-state index contributed by atoms with van der Waals surface area (Å²) in [4.78, 5) is 27.6. The van der Waals surface area contributed by atoms with Crippen molar-refractivity contribution in [1.82, 2.24) is 10.4 Å². The molecule has 2 N–H and O–H groups in total.